The lowest BCUT2D eigenvalue weighted by Gasteiger charge is -2.29. The first-order valence-electron chi connectivity index (χ1n) is 21.0. The molecule has 0 radical (unpaired) electrons. The van der Waals surface area contributed by atoms with E-state index in [4.69, 9.17) is 44.6 Å². The number of terminal acetylenes is 4. The van der Waals surface area contributed by atoms with Gasteiger partial charge in [0.1, 0.15) is 49.4 Å². The molecular weight excluding hydrogens is 737 g/mol. The van der Waals surface area contributed by atoms with Crippen molar-refractivity contribution < 1.29 is 18.9 Å². The van der Waals surface area contributed by atoms with Crippen LogP contribution >= 0.6 is 0 Å². The predicted octanol–water partition coefficient (Wildman–Crippen LogP) is 11.6. The van der Waals surface area contributed by atoms with E-state index >= 15 is 0 Å². The highest BCUT2D eigenvalue weighted by Crippen LogP contribution is 2.44. The van der Waals surface area contributed by atoms with Crippen LogP contribution in [-0.4, -0.2) is 26.4 Å². The third-order valence-electron chi connectivity index (χ3n) is 11.2. The minimum absolute atomic E-state index is 0.113. The molecule has 0 atom stereocenters. The number of fused-ring (bicyclic) bond motifs is 8. The lowest BCUT2D eigenvalue weighted by atomic mass is 9.79. The highest BCUT2D eigenvalue weighted by molar-refractivity contribution is 5.60. The first kappa shape index (κ1) is 45.4. The van der Waals surface area contributed by atoms with Crippen LogP contribution in [0.1, 0.15) is 150 Å². The molecule has 0 amide bonds. The van der Waals surface area contributed by atoms with Gasteiger partial charge < -0.3 is 18.9 Å². The summed E-state index contributed by atoms with van der Waals surface area (Å²) in [5.74, 6) is 14.0. The molecule has 0 heterocycles. The van der Waals surface area contributed by atoms with Crippen molar-refractivity contribution >= 4 is 0 Å². The molecule has 0 fully saturated rings. The van der Waals surface area contributed by atoms with Crippen LogP contribution in [0.4, 0.5) is 0 Å². The van der Waals surface area contributed by atoms with Crippen LogP contribution < -0.4 is 18.9 Å². The van der Waals surface area contributed by atoms with E-state index in [2.05, 4.69) is 155 Å². The predicted molar refractivity (Wildman–Crippen MR) is 249 cm³/mol. The Labute approximate surface area is 362 Å². The zero-order chi connectivity index (χ0) is 44.2. The van der Waals surface area contributed by atoms with E-state index in [1.165, 1.54) is 22.3 Å². The fourth-order valence-electron chi connectivity index (χ4n) is 7.82. The molecule has 60 heavy (non-hydrogen) atoms. The van der Waals surface area contributed by atoms with Gasteiger partial charge in [-0.25, -0.2) is 0 Å². The molecule has 1 aliphatic rings. The Morgan fingerprint density at radius 3 is 0.600 bits per heavy atom. The third-order valence-corrected chi connectivity index (χ3v) is 11.2. The molecule has 4 aromatic carbocycles. The van der Waals surface area contributed by atoms with Gasteiger partial charge in [0.2, 0.25) is 0 Å². The fraction of sp³-hybridized carbons (Fsp3) is 0.429. The molecular formula is C56H64O4. The third kappa shape index (κ3) is 10.5. The molecule has 4 heteroatoms. The highest BCUT2D eigenvalue weighted by Gasteiger charge is 2.29. The maximum atomic E-state index is 6.63. The first-order chi connectivity index (χ1) is 28.1. The molecule has 0 saturated heterocycles. The van der Waals surface area contributed by atoms with Crippen LogP contribution in [-0.2, 0) is 47.3 Å². The summed E-state index contributed by atoms with van der Waals surface area (Å²) in [6, 6.07) is 18.1. The average Bonchev–Trinajstić information content (AvgIpc) is 3.14. The SMILES string of the molecule is C#CCOc1c2cc(C(C)(C)C)cc1Cc1cc(C(C)(C)C)cc(c1OCC#C)Cc1cc(C(C)(C)C)cc(c1OCC#C)Cc1cc(C(C)(C)C)cc(c1OCC#C)C2. The normalized spacial score (nSPS) is 12.9. The second kappa shape index (κ2) is 17.9. The van der Waals surface area contributed by atoms with Gasteiger partial charge in [-0.3, -0.25) is 0 Å². The summed E-state index contributed by atoms with van der Waals surface area (Å²) >= 11 is 0. The number of benzene rings is 4. The Balaban J connectivity index is 2.04. The Morgan fingerprint density at radius 2 is 0.483 bits per heavy atom. The Morgan fingerprint density at radius 1 is 0.333 bits per heavy atom. The molecule has 0 saturated carbocycles. The molecule has 312 valence electrons. The van der Waals surface area contributed by atoms with Crippen molar-refractivity contribution in [2.45, 2.75) is 130 Å². The van der Waals surface area contributed by atoms with Gasteiger partial charge in [0.05, 0.1) is 0 Å². The van der Waals surface area contributed by atoms with Gasteiger partial charge in [0, 0.05) is 25.7 Å². The second-order valence-electron chi connectivity index (χ2n) is 20.2. The first-order valence-corrected chi connectivity index (χ1v) is 21.0. The van der Waals surface area contributed by atoms with E-state index in [9.17, 15) is 0 Å². The van der Waals surface area contributed by atoms with Crippen molar-refractivity contribution in [2.75, 3.05) is 26.4 Å². The van der Waals surface area contributed by atoms with Gasteiger partial charge >= 0.3 is 0 Å². The van der Waals surface area contributed by atoms with Gasteiger partial charge in [-0.15, -0.1) is 25.7 Å². The van der Waals surface area contributed by atoms with Crippen molar-refractivity contribution in [1.82, 2.24) is 0 Å². The highest BCUT2D eigenvalue weighted by atomic mass is 16.5. The van der Waals surface area contributed by atoms with Crippen molar-refractivity contribution in [3.63, 3.8) is 0 Å². The Hall–Kier alpha value is -5.68. The quantitative estimate of drug-likeness (QED) is 0.147. The van der Waals surface area contributed by atoms with Gasteiger partial charge in [-0.1, -0.05) is 155 Å². The standard InChI is InChI=1S/C56H64O4/c1-17-21-57-49-37-25-39-31-46(54(8,9)10)33-41(50(39)58-22-18-2)27-43-35-48(56(14,15)16)36-44(52(43)60-24-20-4)28-42-34-47(55(11,12)13)32-40(51(42)59-23-19-3)26-38(49)30-45(29-37)53(5,6)7/h1-4,29-36H,21-28H2,5-16H3. The van der Waals surface area contributed by atoms with E-state index in [0.29, 0.717) is 25.7 Å². The van der Waals surface area contributed by atoms with Crippen molar-refractivity contribution in [3.8, 4) is 72.4 Å². The van der Waals surface area contributed by atoms with E-state index in [0.717, 1.165) is 67.5 Å². The summed E-state index contributed by atoms with van der Waals surface area (Å²) < 4.78 is 26.5. The summed E-state index contributed by atoms with van der Waals surface area (Å²) in [4.78, 5) is 0. The number of ether oxygens (including phenoxy) is 4. The van der Waals surface area contributed by atoms with E-state index in [1.54, 1.807) is 0 Å². The lowest BCUT2D eigenvalue weighted by molar-refractivity contribution is 0.353. The van der Waals surface area contributed by atoms with E-state index in [-0.39, 0.29) is 48.1 Å². The Kier molecular flexibility index (Phi) is 13.5. The van der Waals surface area contributed by atoms with Crippen LogP contribution in [0.15, 0.2) is 48.5 Å². The van der Waals surface area contributed by atoms with Gasteiger partial charge in [-0.2, -0.15) is 0 Å². The van der Waals surface area contributed by atoms with Crippen molar-refractivity contribution in [2.24, 2.45) is 0 Å². The topological polar surface area (TPSA) is 36.9 Å². The molecule has 1 aliphatic carbocycles. The maximum absolute atomic E-state index is 6.63. The van der Waals surface area contributed by atoms with Gasteiger partial charge in [0.25, 0.3) is 0 Å². The van der Waals surface area contributed by atoms with Crippen molar-refractivity contribution in [3.05, 3.63) is 115 Å². The van der Waals surface area contributed by atoms with E-state index < -0.39 is 0 Å². The molecule has 4 nitrogen and oxygen atoms in total. The van der Waals surface area contributed by atoms with Crippen LogP contribution in [0.2, 0.25) is 0 Å². The summed E-state index contributed by atoms with van der Waals surface area (Å²) in [7, 11) is 0. The van der Waals surface area contributed by atoms with Crippen LogP contribution in [0.3, 0.4) is 0 Å². The summed E-state index contributed by atoms with van der Waals surface area (Å²) in [5, 5.41) is 0. The largest absolute Gasteiger partial charge is 0.480 e. The monoisotopic (exact) mass is 800 g/mol. The van der Waals surface area contributed by atoms with E-state index in [1.807, 2.05) is 0 Å². The van der Waals surface area contributed by atoms with Gasteiger partial charge in [0.15, 0.2) is 0 Å². The smallest absolute Gasteiger partial charge is 0.148 e. The van der Waals surface area contributed by atoms with Crippen LogP contribution in [0.5, 0.6) is 23.0 Å². The summed E-state index contributed by atoms with van der Waals surface area (Å²) in [5.41, 5.74) is 12.1. The number of hydrogen-bond donors (Lipinski definition) is 0. The molecule has 5 rings (SSSR count). The van der Waals surface area contributed by atoms with Crippen LogP contribution in [0, 0.1) is 49.4 Å². The maximum Gasteiger partial charge on any atom is 0.148 e. The lowest BCUT2D eigenvalue weighted by Crippen LogP contribution is -2.18. The molecule has 4 aromatic rings. The molecule has 0 unspecified atom stereocenters. The molecule has 0 spiro atoms. The minimum Gasteiger partial charge on any atom is -0.480 e. The second-order valence-corrected chi connectivity index (χ2v) is 20.2. The molecule has 0 aromatic heterocycles. The molecule has 0 aliphatic heterocycles. The van der Waals surface area contributed by atoms with Crippen molar-refractivity contribution in [1.29, 1.82) is 0 Å². The minimum atomic E-state index is -0.181. The van der Waals surface area contributed by atoms with Gasteiger partial charge in [-0.05, 0) is 88.4 Å². The summed E-state index contributed by atoms with van der Waals surface area (Å²) in [6.45, 7) is 27.3. The average molecular weight is 801 g/mol. The number of rotatable bonds is 8. The molecule has 0 N–H and O–H groups in total. The zero-order valence-corrected chi connectivity index (χ0v) is 38.2. The number of hydrogen-bond acceptors (Lipinski definition) is 4. The van der Waals surface area contributed by atoms with Crippen LogP contribution in [0.25, 0.3) is 0 Å². The fourth-order valence-corrected chi connectivity index (χ4v) is 7.82. The Bertz CT molecular complexity index is 1970. The summed E-state index contributed by atoms with van der Waals surface area (Å²) in [6.07, 6.45) is 25.7. The molecule has 8 bridgehead atoms. The zero-order valence-electron chi connectivity index (χ0n) is 38.2.